The monoisotopic (exact) mass is 424 g/mol. The molecule has 1 aliphatic rings. The van der Waals surface area contributed by atoms with E-state index in [4.69, 9.17) is 4.74 Å². The first-order valence-electron chi connectivity index (χ1n) is 7.71. The fourth-order valence-electron chi connectivity index (χ4n) is 2.46. The molecule has 3 rings (SSSR count). The number of anilines is 1. The number of hydrogen-bond donors (Lipinski definition) is 1. The quantitative estimate of drug-likeness (QED) is 0.818. The Morgan fingerprint density at radius 3 is 2.20 bits per heavy atom. The maximum absolute atomic E-state index is 12.4. The second-order valence-electron chi connectivity index (χ2n) is 5.54. The van der Waals surface area contributed by atoms with Crippen LogP contribution in [0.4, 0.5) is 5.69 Å². The van der Waals surface area contributed by atoms with E-state index in [1.807, 2.05) is 0 Å². The topological polar surface area (TPSA) is 75.7 Å². The van der Waals surface area contributed by atoms with E-state index in [1.165, 1.54) is 12.1 Å². The Morgan fingerprint density at radius 1 is 1.00 bits per heavy atom. The Balaban J connectivity index is 1.71. The van der Waals surface area contributed by atoms with Crippen molar-refractivity contribution in [3.63, 3.8) is 0 Å². The average molecular weight is 425 g/mol. The van der Waals surface area contributed by atoms with Gasteiger partial charge in [-0.05, 0) is 48.5 Å². The molecular formula is C17H17BrN2O4S. The Kier molecular flexibility index (Phi) is 5.41. The third-order valence-corrected chi connectivity index (χ3v) is 5.73. The van der Waals surface area contributed by atoms with Gasteiger partial charge in [-0.15, -0.1) is 0 Å². The molecule has 132 valence electrons. The fourth-order valence-corrected chi connectivity index (χ4v) is 3.78. The number of ether oxygens (including phenoxy) is 1. The molecule has 0 aromatic heterocycles. The SMILES string of the molecule is O=C(c1ccc(NS(=O)(=O)c2ccc(Br)cc2)cc1)N1CCOCC1. The molecule has 25 heavy (non-hydrogen) atoms. The molecule has 1 heterocycles. The van der Waals surface area contributed by atoms with Crippen LogP contribution in [0.25, 0.3) is 0 Å². The number of hydrogen-bond acceptors (Lipinski definition) is 4. The summed E-state index contributed by atoms with van der Waals surface area (Å²) in [6, 6.07) is 12.8. The summed E-state index contributed by atoms with van der Waals surface area (Å²) in [5.74, 6) is -0.0781. The third-order valence-electron chi connectivity index (χ3n) is 3.81. The first-order valence-corrected chi connectivity index (χ1v) is 9.99. The van der Waals surface area contributed by atoms with Crippen molar-refractivity contribution in [2.45, 2.75) is 4.90 Å². The molecule has 2 aromatic carbocycles. The van der Waals surface area contributed by atoms with Crippen LogP contribution in [0.3, 0.4) is 0 Å². The molecule has 0 unspecified atom stereocenters. The van der Waals surface area contributed by atoms with Crippen LogP contribution in [0.2, 0.25) is 0 Å². The van der Waals surface area contributed by atoms with Crippen LogP contribution in [0.5, 0.6) is 0 Å². The van der Waals surface area contributed by atoms with Gasteiger partial charge in [0.1, 0.15) is 0 Å². The summed E-state index contributed by atoms with van der Waals surface area (Å²) < 4.78 is 33.3. The minimum Gasteiger partial charge on any atom is -0.378 e. The predicted octanol–water partition coefficient (Wildman–Crippen LogP) is 2.72. The van der Waals surface area contributed by atoms with Crippen molar-refractivity contribution in [3.8, 4) is 0 Å². The van der Waals surface area contributed by atoms with Crippen molar-refractivity contribution in [2.24, 2.45) is 0 Å². The largest absolute Gasteiger partial charge is 0.378 e. The summed E-state index contributed by atoms with van der Waals surface area (Å²) in [5.41, 5.74) is 0.926. The minimum atomic E-state index is -3.67. The van der Waals surface area contributed by atoms with Crippen molar-refractivity contribution in [1.82, 2.24) is 4.90 Å². The van der Waals surface area contributed by atoms with E-state index in [0.29, 0.717) is 37.6 Å². The zero-order valence-electron chi connectivity index (χ0n) is 13.3. The Morgan fingerprint density at radius 2 is 1.60 bits per heavy atom. The van der Waals surface area contributed by atoms with Crippen molar-refractivity contribution in [3.05, 3.63) is 58.6 Å². The molecule has 1 fully saturated rings. The lowest BCUT2D eigenvalue weighted by molar-refractivity contribution is 0.0303. The summed E-state index contributed by atoms with van der Waals surface area (Å²) in [5, 5.41) is 0. The van der Waals surface area contributed by atoms with Crippen LogP contribution in [-0.4, -0.2) is 45.5 Å². The molecule has 1 aliphatic heterocycles. The van der Waals surface area contributed by atoms with Gasteiger partial charge in [0.05, 0.1) is 18.1 Å². The van der Waals surface area contributed by atoms with Crippen LogP contribution >= 0.6 is 15.9 Å². The number of morpholine rings is 1. The smallest absolute Gasteiger partial charge is 0.261 e. The molecule has 2 aromatic rings. The number of amides is 1. The van der Waals surface area contributed by atoms with Crippen molar-refractivity contribution in [2.75, 3.05) is 31.0 Å². The van der Waals surface area contributed by atoms with E-state index in [2.05, 4.69) is 20.7 Å². The molecule has 1 N–H and O–H groups in total. The zero-order valence-corrected chi connectivity index (χ0v) is 15.7. The summed E-state index contributed by atoms with van der Waals surface area (Å²) in [4.78, 5) is 14.3. The normalized spacial score (nSPS) is 15.0. The van der Waals surface area contributed by atoms with Gasteiger partial charge in [0.15, 0.2) is 0 Å². The van der Waals surface area contributed by atoms with Crippen molar-refractivity contribution < 1.29 is 17.9 Å². The van der Waals surface area contributed by atoms with Crippen molar-refractivity contribution >= 4 is 37.5 Å². The Bertz CT molecular complexity index is 845. The Hall–Kier alpha value is -1.90. The zero-order chi connectivity index (χ0) is 17.9. The molecule has 1 amide bonds. The number of benzene rings is 2. The summed E-state index contributed by atoms with van der Waals surface area (Å²) in [6.45, 7) is 2.21. The third kappa shape index (κ3) is 4.39. The number of carbonyl (C=O) groups excluding carboxylic acids is 1. The van der Waals surface area contributed by atoms with Crippen LogP contribution in [0.1, 0.15) is 10.4 Å². The molecule has 6 nitrogen and oxygen atoms in total. The highest BCUT2D eigenvalue weighted by atomic mass is 79.9. The molecule has 0 radical (unpaired) electrons. The standard InChI is InChI=1S/C17H17BrN2O4S/c18-14-3-7-16(8-4-14)25(22,23)19-15-5-1-13(2-6-15)17(21)20-9-11-24-12-10-20/h1-8,19H,9-12H2. The second kappa shape index (κ2) is 7.55. The van der Waals surface area contributed by atoms with Gasteiger partial charge in [0.2, 0.25) is 0 Å². The maximum atomic E-state index is 12.4. The lowest BCUT2D eigenvalue weighted by Gasteiger charge is -2.26. The van der Waals surface area contributed by atoms with E-state index in [1.54, 1.807) is 41.3 Å². The number of halogens is 1. The van der Waals surface area contributed by atoms with Gasteiger partial charge in [-0.1, -0.05) is 15.9 Å². The van der Waals surface area contributed by atoms with Crippen LogP contribution in [0.15, 0.2) is 57.9 Å². The highest BCUT2D eigenvalue weighted by molar-refractivity contribution is 9.10. The fraction of sp³-hybridized carbons (Fsp3) is 0.235. The second-order valence-corrected chi connectivity index (χ2v) is 8.14. The van der Waals surface area contributed by atoms with Gasteiger partial charge < -0.3 is 9.64 Å². The Labute approximate surface area is 155 Å². The molecule has 0 aliphatic carbocycles. The van der Waals surface area contributed by atoms with Gasteiger partial charge in [-0.2, -0.15) is 0 Å². The first kappa shape index (κ1) is 17.9. The van der Waals surface area contributed by atoms with Crippen LogP contribution in [0, 0.1) is 0 Å². The molecule has 0 spiro atoms. The molecule has 0 atom stereocenters. The van der Waals surface area contributed by atoms with Gasteiger partial charge in [-0.25, -0.2) is 8.42 Å². The number of nitrogens with one attached hydrogen (secondary N) is 1. The summed E-state index contributed by atoms with van der Waals surface area (Å²) >= 11 is 3.27. The molecule has 0 bridgehead atoms. The van der Waals surface area contributed by atoms with Gasteiger partial charge >= 0.3 is 0 Å². The molecule has 1 saturated heterocycles. The highest BCUT2D eigenvalue weighted by Crippen LogP contribution is 2.19. The van der Waals surface area contributed by atoms with E-state index < -0.39 is 10.0 Å². The number of nitrogens with zero attached hydrogens (tertiary/aromatic N) is 1. The minimum absolute atomic E-state index is 0.0781. The van der Waals surface area contributed by atoms with Gasteiger partial charge in [-0.3, -0.25) is 9.52 Å². The highest BCUT2D eigenvalue weighted by Gasteiger charge is 2.19. The summed E-state index contributed by atoms with van der Waals surface area (Å²) in [7, 11) is -3.67. The number of rotatable bonds is 4. The first-order chi connectivity index (χ1) is 12.0. The van der Waals surface area contributed by atoms with Crippen LogP contribution in [-0.2, 0) is 14.8 Å². The molecular weight excluding hydrogens is 408 g/mol. The van der Waals surface area contributed by atoms with E-state index >= 15 is 0 Å². The number of carbonyl (C=O) groups is 1. The van der Waals surface area contributed by atoms with E-state index in [9.17, 15) is 13.2 Å². The number of sulfonamides is 1. The summed E-state index contributed by atoms with van der Waals surface area (Å²) in [6.07, 6.45) is 0. The maximum Gasteiger partial charge on any atom is 0.261 e. The predicted molar refractivity (Wildman–Crippen MR) is 98.1 cm³/mol. The van der Waals surface area contributed by atoms with Crippen LogP contribution < -0.4 is 4.72 Å². The van der Waals surface area contributed by atoms with Gasteiger partial charge in [0.25, 0.3) is 15.9 Å². The lowest BCUT2D eigenvalue weighted by atomic mass is 10.2. The lowest BCUT2D eigenvalue weighted by Crippen LogP contribution is -2.40. The van der Waals surface area contributed by atoms with Gasteiger partial charge in [0, 0.05) is 28.8 Å². The van der Waals surface area contributed by atoms with Crippen molar-refractivity contribution in [1.29, 1.82) is 0 Å². The average Bonchev–Trinajstić information content (AvgIpc) is 2.62. The molecule has 8 heteroatoms. The van der Waals surface area contributed by atoms with E-state index in [0.717, 1.165) is 4.47 Å². The molecule has 0 saturated carbocycles. The van der Waals surface area contributed by atoms with E-state index in [-0.39, 0.29) is 10.8 Å².